The molecule has 104 valence electrons. The molecule has 0 saturated heterocycles. The lowest BCUT2D eigenvalue weighted by atomic mass is 10.2. The van der Waals surface area contributed by atoms with Gasteiger partial charge < -0.3 is 10.6 Å². The van der Waals surface area contributed by atoms with E-state index in [1.165, 1.54) is 0 Å². The normalized spacial score (nSPS) is 10.1. The van der Waals surface area contributed by atoms with E-state index in [0.29, 0.717) is 11.6 Å². The molecule has 0 aliphatic heterocycles. The van der Waals surface area contributed by atoms with Gasteiger partial charge in [-0.15, -0.1) is 11.8 Å². The number of hydrogen-bond acceptors (Lipinski definition) is 2. The number of benzene rings is 2. The quantitative estimate of drug-likeness (QED) is 0.823. The van der Waals surface area contributed by atoms with E-state index >= 15 is 0 Å². The zero-order chi connectivity index (χ0) is 14.4. The molecule has 0 radical (unpaired) electrons. The van der Waals surface area contributed by atoms with Gasteiger partial charge in [0, 0.05) is 22.2 Å². The van der Waals surface area contributed by atoms with Crippen molar-refractivity contribution in [2.24, 2.45) is 0 Å². The number of nitrogens with one attached hydrogen (secondary N) is 2. The molecule has 0 saturated carbocycles. The Hall–Kier alpha value is -1.65. The Labute approximate surface area is 127 Å². The largest absolute Gasteiger partial charge is 0.334 e. The minimum Gasteiger partial charge on any atom is -0.334 e. The lowest BCUT2D eigenvalue weighted by Crippen LogP contribution is -2.28. The molecule has 0 heterocycles. The summed E-state index contributed by atoms with van der Waals surface area (Å²) in [6.45, 7) is 0.464. The van der Waals surface area contributed by atoms with Gasteiger partial charge in [-0.2, -0.15) is 0 Å². The number of carbonyl (C=O) groups is 1. The van der Waals surface area contributed by atoms with Crippen LogP contribution in [0.25, 0.3) is 0 Å². The Balaban J connectivity index is 1.84. The Morgan fingerprint density at radius 1 is 1.10 bits per heavy atom. The fourth-order valence-electron chi connectivity index (χ4n) is 1.63. The molecular weight excluding hydrogens is 292 g/mol. The van der Waals surface area contributed by atoms with E-state index in [0.717, 1.165) is 16.1 Å². The topological polar surface area (TPSA) is 41.1 Å². The Kier molecular flexibility index (Phi) is 5.32. The summed E-state index contributed by atoms with van der Waals surface area (Å²) in [4.78, 5) is 12.9. The van der Waals surface area contributed by atoms with Crippen molar-refractivity contribution in [3.05, 3.63) is 59.1 Å². The third kappa shape index (κ3) is 4.47. The summed E-state index contributed by atoms with van der Waals surface area (Å²) in [5, 5.41) is 6.27. The Morgan fingerprint density at radius 2 is 1.75 bits per heavy atom. The molecule has 3 nitrogen and oxygen atoms in total. The van der Waals surface area contributed by atoms with Crippen molar-refractivity contribution >= 4 is 35.1 Å². The average Bonchev–Trinajstić information content (AvgIpc) is 2.47. The molecule has 20 heavy (non-hydrogen) atoms. The summed E-state index contributed by atoms with van der Waals surface area (Å²) in [6.07, 6.45) is 2.02. The molecule has 0 atom stereocenters. The van der Waals surface area contributed by atoms with Crippen molar-refractivity contribution in [2.75, 3.05) is 11.6 Å². The number of halogens is 1. The van der Waals surface area contributed by atoms with Crippen molar-refractivity contribution in [2.45, 2.75) is 11.4 Å². The lowest BCUT2D eigenvalue weighted by Gasteiger charge is -2.08. The highest BCUT2D eigenvalue weighted by Gasteiger charge is 2.01. The van der Waals surface area contributed by atoms with Crippen LogP contribution in [-0.2, 0) is 6.54 Å². The summed E-state index contributed by atoms with van der Waals surface area (Å²) in [6, 6.07) is 14.9. The van der Waals surface area contributed by atoms with Crippen LogP contribution < -0.4 is 10.6 Å². The number of urea groups is 1. The van der Waals surface area contributed by atoms with Crippen LogP contribution in [0.15, 0.2) is 53.4 Å². The minimum atomic E-state index is -0.225. The van der Waals surface area contributed by atoms with Crippen LogP contribution in [0.5, 0.6) is 0 Å². The summed E-state index contributed by atoms with van der Waals surface area (Å²) in [5.74, 6) is 0. The molecule has 5 heteroatoms. The third-order valence-electron chi connectivity index (χ3n) is 2.71. The van der Waals surface area contributed by atoms with Crippen molar-refractivity contribution in [3.8, 4) is 0 Å². The van der Waals surface area contributed by atoms with Gasteiger partial charge in [-0.3, -0.25) is 0 Å². The van der Waals surface area contributed by atoms with Gasteiger partial charge in [0.25, 0.3) is 0 Å². The number of hydrogen-bond donors (Lipinski definition) is 2. The summed E-state index contributed by atoms with van der Waals surface area (Å²) < 4.78 is 0. The molecule has 2 aromatic rings. The van der Waals surface area contributed by atoms with Crippen LogP contribution in [-0.4, -0.2) is 12.3 Å². The predicted octanol–water partition coefficient (Wildman–Crippen LogP) is 4.38. The molecule has 2 N–H and O–H groups in total. The van der Waals surface area contributed by atoms with E-state index in [-0.39, 0.29) is 6.03 Å². The van der Waals surface area contributed by atoms with Crippen LogP contribution in [0.1, 0.15) is 5.56 Å². The highest BCUT2D eigenvalue weighted by atomic mass is 35.5. The first-order valence-electron chi connectivity index (χ1n) is 6.11. The van der Waals surface area contributed by atoms with Crippen LogP contribution in [0.4, 0.5) is 10.5 Å². The standard InChI is InChI=1S/C15H15ClN2OS/c1-20-14-8-6-13(7-9-14)18-15(19)17-10-11-2-4-12(16)5-3-11/h2-9H,10H2,1H3,(H2,17,18,19). The highest BCUT2D eigenvalue weighted by molar-refractivity contribution is 7.98. The molecular formula is C15H15ClN2OS. The fraction of sp³-hybridized carbons (Fsp3) is 0.133. The van der Waals surface area contributed by atoms with E-state index in [2.05, 4.69) is 10.6 Å². The maximum atomic E-state index is 11.8. The van der Waals surface area contributed by atoms with Crippen molar-refractivity contribution in [3.63, 3.8) is 0 Å². The van der Waals surface area contributed by atoms with Crippen LogP contribution in [0.3, 0.4) is 0 Å². The average molecular weight is 307 g/mol. The zero-order valence-corrected chi connectivity index (χ0v) is 12.6. The van der Waals surface area contributed by atoms with Gasteiger partial charge in [-0.1, -0.05) is 23.7 Å². The van der Waals surface area contributed by atoms with Crippen molar-refractivity contribution in [1.29, 1.82) is 0 Å². The molecule has 2 rings (SSSR count). The van der Waals surface area contributed by atoms with E-state index in [1.54, 1.807) is 23.9 Å². The maximum Gasteiger partial charge on any atom is 0.319 e. The first kappa shape index (κ1) is 14.8. The van der Waals surface area contributed by atoms with Crippen LogP contribution in [0, 0.1) is 0 Å². The number of carbonyl (C=O) groups excluding carboxylic acids is 1. The maximum absolute atomic E-state index is 11.8. The van der Waals surface area contributed by atoms with Gasteiger partial charge in [0.2, 0.25) is 0 Å². The molecule has 0 aliphatic carbocycles. The summed E-state index contributed by atoms with van der Waals surface area (Å²) in [5.41, 5.74) is 1.78. The second-order valence-corrected chi connectivity index (χ2v) is 5.48. The number of thioether (sulfide) groups is 1. The summed E-state index contributed by atoms with van der Waals surface area (Å²) >= 11 is 7.47. The van der Waals surface area contributed by atoms with Gasteiger partial charge in [-0.05, 0) is 48.2 Å². The second kappa shape index (κ2) is 7.22. The third-order valence-corrected chi connectivity index (χ3v) is 3.71. The Bertz CT molecular complexity index is 569. The second-order valence-electron chi connectivity index (χ2n) is 4.16. The van der Waals surface area contributed by atoms with Gasteiger partial charge in [0.1, 0.15) is 0 Å². The van der Waals surface area contributed by atoms with Crippen LogP contribution in [0.2, 0.25) is 5.02 Å². The van der Waals surface area contributed by atoms with Gasteiger partial charge in [0.15, 0.2) is 0 Å². The smallest absolute Gasteiger partial charge is 0.319 e. The van der Waals surface area contributed by atoms with Crippen molar-refractivity contribution < 1.29 is 4.79 Å². The minimum absolute atomic E-state index is 0.225. The van der Waals surface area contributed by atoms with E-state index in [1.807, 2.05) is 42.7 Å². The lowest BCUT2D eigenvalue weighted by molar-refractivity contribution is 0.251. The number of amides is 2. The molecule has 0 aromatic heterocycles. The van der Waals surface area contributed by atoms with E-state index in [9.17, 15) is 4.79 Å². The predicted molar refractivity (Wildman–Crippen MR) is 85.5 cm³/mol. The van der Waals surface area contributed by atoms with Crippen molar-refractivity contribution in [1.82, 2.24) is 5.32 Å². The molecule has 0 spiro atoms. The van der Waals surface area contributed by atoms with E-state index in [4.69, 9.17) is 11.6 Å². The molecule has 2 aromatic carbocycles. The fourth-order valence-corrected chi connectivity index (χ4v) is 2.17. The Morgan fingerprint density at radius 3 is 2.35 bits per heavy atom. The van der Waals surface area contributed by atoms with Gasteiger partial charge in [-0.25, -0.2) is 4.79 Å². The molecule has 0 unspecified atom stereocenters. The molecule has 0 aliphatic rings. The monoisotopic (exact) mass is 306 g/mol. The highest BCUT2D eigenvalue weighted by Crippen LogP contribution is 2.17. The first-order valence-corrected chi connectivity index (χ1v) is 7.71. The van der Waals surface area contributed by atoms with Crippen LogP contribution >= 0.6 is 23.4 Å². The zero-order valence-electron chi connectivity index (χ0n) is 11.0. The summed E-state index contributed by atoms with van der Waals surface area (Å²) in [7, 11) is 0. The molecule has 0 fully saturated rings. The van der Waals surface area contributed by atoms with E-state index < -0.39 is 0 Å². The number of anilines is 1. The van der Waals surface area contributed by atoms with Gasteiger partial charge in [0.05, 0.1) is 0 Å². The SMILES string of the molecule is CSc1ccc(NC(=O)NCc2ccc(Cl)cc2)cc1. The molecule has 0 bridgehead atoms. The number of rotatable bonds is 4. The van der Waals surface area contributed by atoms with Gasteiger partial charge >= 0.3 is 6.03 Å². The molecule has 2 amide bonds. The first-order chi connectivity index (χ1) is 9.67.